The van der Waals surface area contributed by atoms with Crippen molar-refractivity contribution in [2.75, 3.05) is 40.1 Å². The molecule has 0 aromatic heterocycles. The number of alkyl halides is 3. The molecule has 0 saturated carbocycles. The van der Waals surface area contributed by atoms with Gasteiger partial charge in [-0.25, -0.2) is 14.4 Å². The highest BCUT2D eigenvalue weighted by atomic mass is 35.6. The van der Waals surface area contributed by atoms with E-state index in [0.29, 0.717) is 7.11 Å². The van der Waals surface area contributed by atoms with Crippen LogP contribution in [0.2, 0.25) is 0 Å². The van der Waals surface area contributed by atoms with E-state index < -0.39 is 382 Å². The summed E-state index contributed by atoms with van der Waals surface area (Å²) >= 11 is 18.2. The van der Waals surface area contributed by atoms with Crippen molar-refractivity contribution >= 4 is 166 Å². The van der Waals surface area contributed by atoms with Crippen molar-refractivity contribution in [3.05, 3.63) is 71.8 Å². The van der Waals surface area contributed by atoms with Crippen LogP contribution in [0.4, 0.5) is 0 Å². The van der Waals surface area contributed by atoms with Gasteiger partial charge in [-0.05, 0) is 38.1 Å². The lowest BCUT2D eigenvalue weighted by Crippen LogP contribution is -2.73. The molecule has 0 aliphatic carbocycles. The molecule has 2 aromatic rings. The lowest BCUT2D eigenvalue weighted by Gasteiger charge is -2.53. The Hall–Kier alpha value is -12.6. The number of esters is 18. The summed E-state index contributed by atoms with van der Waals surface area (Å²) in [5, 5.41) is 13.6. The number of halogens is 3. The Labute approximate surface area is 870 Å². The number of hydrogen-bond acceptors (Lipinski definition) is 52. The standard InChI is InChI=1S/C93H116Cl3N3O51/c1-38(100)30-31-64(117)126-37-63-72(142-83(118)56-26-22-20-23-27-56)78(150-92(91(120)121-19)32-58(128-46(9)107)65(98-40(3)101)74(149-92)69(131-49(12)110)59(129-47(10)108)33-122-42(5)103)82(143-84(119)57-28-24-21-25-29-57)88(140-63)144-68-60(34-123-43(6)104)138-85(66(99-41(4)102)73(68)146-86-79(135-53(16)114)75(133-51(14)112)67(39(2)127-86)130-48(11)109)147-77-70(132-50(13)111)61(35-124-44(7)105)139-87(81(77)137-55(18)116)145-71-62(36-125-45(8)106)141-89(148-90(97)93(94,95)96)80(136-54(17)115)76(71)134-52(15)113/h20-29,39,58-63,65-82,85-89,97H,30-37H2,1-19H3,(H,98,101)(H,99,102)/t39-,58-,59+,60+,61+,62+,63+,65+,66+,67+,68+,69+,70-,71+,72-,73+,74+,75+,76-,77-,78-,79-,80+,81+,82+,85-,86-,87-,88-,89+,92-/m0/s1. The van der Waals surface area contributed by atoms with Crippen LogP contribution in [0.1, 0.15) is 165 Å². The second kappa shape index (κ2) is 56.0. The van der Waals surface area contributed by atoms with Gasteiger partial charge in [0, 0.05) is 117 Å². The second-order valence-electron chi connectivity index (χ2n) is 34.3. The van der Waals surface area contributed by atoms with Crippen molar-refractivity contribution in [2.24, 2.45) is 0 Å². The van der Waals surface area contributed by atoms with Crippen molar-refractivity contribution in [2.45, 2.75) is 337 Å². The zero-order chi connectivity index (χ0) is 112. The summed E-state index contributed by atoms with van der Waals surface area (Å²) in [6, 6.07) is 8.46. The largest absolute Gasteiger partial charge is 0.465 e. The monoisotopic (exact) mass is 2200 g/mol. The molecule has 150 heavy (non-hydrogen) atoms. The quantitative estimate of drug-likeness (QED) is 0.0278. The number of hydrogen-bond donors (Lipinski definition) is 3. The van der Waals surface area contributed by atoms with Crippen molar-refractivity contribution in [3.63, 3.8) is 0 Å². The molecule has 2 aromatic carbocycles. The van der Waals surface area contributed by atoms with Crippen LogP contribution in [-0.2, 0) is 233 Å². The smallest absolute Gasteiger partial charge is 0.366 e. The fourth-order valence-corrected chi connectivity index (χ4v) is 16.6. The second-order valence-corrected chi connectivity index (χ2v) is 36.5. The average molecular weight is 2200 g/mol. The van der Waals surface area contributed by atoms with Crippen LogP contribution in [0.25, 0.3) is 0 Å². The number of carbonyl (C=O) groups is 21. The van der Waals surface area contributed by atoms with E-state index in [-0.39, 0.29) is 5.56 Å². The van der Waals surface area contributed by atoms with E-state index in [9.17, 15) is 86.3 Å². The van der Waals surface area contributed by atoms with E-state index in [1.165, 1.54) is 55.5 Å². The summed E-state index contributed by atoms with van der Waals surface area (Å²) < 4.78 is 183. The topological polar surface area (TPSA) is 683 Å². The van der Waals surface area contributed by atoms with Gasteiger partial charge in [0.2, 0.25) is 30.1 Å². The minimum atomic E-state index is -3.59. The molecule has 6 saturated heterocycles. The van der Waals surface area contributed by atoms with Crippen LogP contribution in [0, 0.1) is 5.41 Å². The number of methoxy groups -OCH3 is 1. The normalized spacial score (nSPS) is 29.8. The zero-order valence-electron chi connectivity index (χ0n) is 84.2. The van der Waals surface area contributed by atoms with Crippen LogP contribution in [-0.4, -0.2) is 365 Å². The first kappa shape index (κ1) is 123. The summed E-state index contributed by atoms with van der Waals surface area (Å²) in [7, 11) is 0.713. The van der Waals surface area contributed by atoms with E-state index >= 15 is 14.4 Å². The van der Waals surface area contributed by atoms with Crippen LogP contribution < -0.4 is 10.6 Å². The molecule has 8 rings (SSSR count). The number of rotatable bonds is 43. The summed E-state index contributed by atoms with van der Waals surface area (Å²) in [5.74, 6) is -30.5. The van der Waals surface area contributed by atoms with Gasteiger partial charge in [0.1, 0.15) is 112 Å². The number of carbonyl (C=O) groups excluding carboxylic acids is 21. The lowest BCUT2D eigenvalue weighted by atomic mass is 9.87. The summed E-state index contributed by atoms with van der Waals surface area (Å²) in [5.41, 5.74) is -0.782. The Morgan fingerprint density at radius 2 is 0.740 bits per heavy atom. The van der Waals surface area contributed by atoms with Gasteiger partial charge in [-0.3, -0.25) is 86.9 Å². The Morgan fingerprint density at radius 1 is 0.373 bits per heavy atom. The molecular formula is C93H116Cl3N3O51. The molecule has 0 spiro atoms. The third-order valence-electron chi connectivity index (χ3n) is 22.1. The van der Waals surface area contributed by atoms with Gasteiger partial charge in [-0.15, -0.1) is 0 Å². The number of ether oxygens (including phenoxy) is 30. The molecule has 6 heterocycles. The highest BCUT2D eigenvalue weighted by Gasteiger charge is 2.67. The molecule has 31 atom stereocenters. The van der Waals surface area contributed by atoms with Gasteiger partial charge in [0.15, 0.2) is 86.2 Å². The first-order chi connectivity index (χ1) is 70.4. The van der Waals surface area contributed by atoms with Crippen molar-refractivity contribution in [1.82, 2.24) is 10.6 Å². The van der Waals surface area contributed by atoms with E-state index in [2.05, 4.69) is 10.6 Å². The Bertz CT molecular complexity index is 5180. The molecule has 0 radical (unpaired) electrons. The van der Waals surface area contributed by atoms with Gasteiger partial charge in [0.25, 0.3) is 9.58 Å². The fourth-order valence-electron chi connectivity index (χ4n) is 16.5. The third kappa shape index (κ3) is 35.5. The maximum absolute atomic E-state index is 16.0. The van der Waals surface area contributed by atoms with Crippen LogP contribution >= 0.6 is 34.8 Å². The number of amides is 2. The number of Topliss-reactive ketones (excluding diaryl/α,β-unsaturated/α-hetero) is 1. The maximum atomic E-state index is 16.0. The SMILES string of the molecule is COC(=O)[C@@]1(O[C@H]2[C@@H](OC(=O)c3ccccc3)[C@@H](COC(=O)CCC(C)=O)O[C@@H](O[C@H]3[C@H](O[C@@H]4O[C@@H](C)[C@@H](OC(C)=O)[C@@H](OC(C)=O)[C@@H]4OC(C)=O)[C@@H](NC(C)=O)[C@H](O[C@H]4[C@@H](OC(C)=O)[C@@H](COC(C)=O)O[C@@H](O[C@H]5[C@H](OC(C)=O)[C@@H](OC(C)=O)[C@@H](OC(=N)C(Cl)(Cl)Cl)O[C@@H]5COC(C)=O)[C@@H]4OC(C)=O)O[C@@H]3COC(C)=O)[C@@H]2OC(=O)c2ccccc2)C[C@H](OC(C)=O)[C@@H](NC(C)=O)[C@H]([C@H](OC(C)=O)[C@@H](COC(C)=O)OC(C)=O)O1. The molecule has 6 fully saturated rings. The molecule has 57 heteroatoms. The zero-order valence-corrected chi connectivity index (χ0v) is 86.5. The minimum Gasteiger partial charge on any atom is -0.465 e. The molecule has 0 unspecified atom stereocenters. The van der Waals surface area contributed by atoms with Gasteiger partial charge < -0.3 is 158 Å². The number of ketones is 1. The molecule has 3 N–H and O–H groups in total. The Balaban J connectivity index is 1.54. The van der Waals surface area contributed by atoms with Gasteiger partial charge in [-0.1, -0.05) is 71.2 Å². The Kier molecular flexibility index (Phi) is 45.7. The van der Waals surface area contributed by atoms with E-state index in [4.69, 9.17) is 182 Å². The average Bonchev–Trinajstić information content (AvgIpc) is 0.735. The Morgan fingerprint density at radius 3 is 1.18 bits per heavy atom. The van der Waals surface area contributed by atoms with E-state index in [0.717, 1.165) is 130 Å². The van der Waals surface area contributed by atoms with E-state index in [1.54, 1.807) is 0 Å². The molecule has 6 aliphatic rings. The minimum absolute atomic E-state index is 0.353. The molecule has 6 aliphatic heterocycles. The van der Waals surface area contributed by atoms with Gasteiger partial charge >= 0.3 is 107 Å². The summed E-state index contributed by atoms with van der Waals surface area (Å²) in [6.45, 7) is 10.1. The van der Waals surface area contributed by atoms with Crippen molar-refractivity contribution in [3.8, 4) is 0 Å². The first-order valence-corrected chi connectivity index (χ1v) is 47.1. The van der Waals surface area contributed by atoms with Crippen LogP contribution in [0.3, 0.4) is 0 Å². The maximum Gasteiger partial charge on any atom is 0.366 e. The molecule has 0 bridgehead atoms. The first-order valence-electron chi connectivity index (χ1n) is 46.0. The summed E-state index contributed by atoms with van der Waals surface area (Å²) in [6.07, 6.45) is -68.5. The van der Waals surface area contributed by atoms with Gasteiger partial charge in [-0.2, -0.15) is 0 Å². The molecule has 830 valence electrons. The van der Waals surface area contributed by atoms with Crippen LogP contribution in [0.5, 0.6) is 0 Å². The third-order valence-corrected chi connectivity index (χ3v) is 22.6. The van der Waals surface area contributed by atoms with Gasteiger partial charge in [0.05, 0.1) is 43.2 Å². The highest BCUT2D eigenvalue weighted by Crippen LogP contribution is 2.46. The predicted molar refractivity (Wildman–Crippen MR) is 486 cm³/mol. The lowest BCUT2D eigenvalue weighted by molar-refractivity contribution is -0.398. The van der Waals surface area contributed by atoms with Crippen molar-refractivity contribution < 1.29 is 243 Å². The van der Waals surface area contributed by atoms with E-state index in [1.807, 2.05) is 0 Å². The molecule has 54 nitrogen and oxygen atoms in total. The highest BCUT2D eigenvalue weighted by molar-refractivity contribution is 6.76. The number of benzene rings is 2. The summed E-state index contributed by atoms with van der Waals surface area (Å²) in [4.78, 5) is 293. The van der Waals surface area contributed by atoms with Crippen molar-refractivity contribution in [1.29, 1.82) is 5.41 Å². The fraction of sp³-hybridized carbons (Fsp3) is 0.634. The van der Waals surface area contributed by atoms with Crippen LogP contribution in [0.15, 0.2) is 60.7 Å². The predicted octanol–water partition coefficient (Wildman–Crippen LogP) is 1.52. The molecular weight excluding hydrogens is 2080 g/mol. The molecule has 2 amide bonds. The number of nitrogens with one attached hydrogen (secondary N) is 3.